The van der Waals surface area contributed by atoms with Crippen molar-refractivity contribution in [2.75, 3.05) is 10.8 Å². The van der Waals surface area contributed by atoms with Gasteiger partial charge in [0.25, 0.3) is 10.0 Å². The molecule has 0 aliphatic carbocycles. The summed E-state index contributed by atoms with van der Waals surface area (Å²) in [6.45, 7) is 9.29. The van der Waals surface area contributed by atoms with Gasteiger partial charge in [0.2, 0.25) is 11.8 Å². The van der Waals surface area contributed by atoms with Gasteiger partial charge in [0, 0.05) is 17.6 Å². The lowest BCUT2D eigenvalue weighted by Crippen LogP contribution is -2.53. The highest BCUT2D eigenvalue weighted by Gasteiger charge is 2.34. The Morgan fingerprint density at radius 2 is 1.40 bits per heavy atom. The third kappa shape index (κ3) is 7.86. The molecule has 7 nitrogen and oxygen atoms in total. The highest BCUT2D eigenvalue weighted by atomic mass is 35.5. The maximum absolute atomic E-state index is 14.1. The Morgan fingerprint density at radius 3 is 1.93 bits per heavy atom. The zero-order valence-electron chi connectivity index (χ0n) is 23.7. The average Bonchev–Trinajstić information content (AvgIpc) is 2.93. The van der Waals surface area contributed by atoms with E-state index in [2.05, 4.69) is 5.32 Å². The van der Waals surface area contributed by atoms with E-state index < -0.39 is 28.5 Å². The van der Waals surface area contributed by atoms with Gasteiger partial charge in [-0.1, -0.05) is 73.0 Å². The van der Waals surface area contributed by atoms with E-state index in [0.29, 0.717) is 17.1 Å². The van der Waals surface area contributed by atoms with Gasteiger partial charge >= 0.3 is 0 Å². The largest absolute Gasteiger partial charge is 0.352 e. The monoisotopic (exact) mass is 583 g/mol. The van der Waals surface area contributed by atoms with Crippen molar-refractivity contribution in [3.8, 4) is 0 Å². The third-order valence-corrected chi connectivity index (χ3v) is 8.90. The molecule has 2 atom stereocenters. The minimum atomic E-state index is -4.14. The van der Waals surface area contributed by atoms with Crippen LogP contribution in [0.4, 0.5) is 5.69 Å². The molecule has 3 aromatic carbocycles. The fraction of sp³-hybridized carbons (Fsp3) is 0.355. The van der Waals surface area contributed by atoms with E-state index in [4.69, 9.17) is 11.6 Å². The number of hydrogen-bond donors (Lipinski definition) is 1. The maximum Gasteiger partial charge on any atom is 0.264 e. The summed E-state index contributed by atoms with van der Waals surface area (Å²) in [6, 6.07) is 19.7. The van der Waals surface area contributed by atoms with Gasteiger partial charge in [0.1, 0.15) is 12.6 Å². The number of halogens is 1. The van der Waals surface area contributed by atoms with Gasteiger partial charge in [-0.3, -0.25) is 13.9 Å². The summed E-state index contributed by atoms with van der Waals surface area (Å²) in [5.41, 5.74) is 3.22. The van der Waals surface area contributed by atoms with Crippen LogP contribution in [0.3, 0.4) is 0 Å². The fourth-order valence-electron chi connectivity index (χ4n) is 4.22. The minimum Gasteiger partial charge on any atom is -0.352 e. The van der Waals surface area contributed by atoms with Crippen LogP contribution in [-0.4, -0.2) is 43.8 Å². The first-order valence-electron chi connectivity index (χ1n) is 13.5. The van der Waals surface area contributed by atoms with E-state index in [1.54, 1.807) is 24.3 Å². The summed E-state index contributed by atoms with van der Waals surface area (Å²) >= 11 is 6.01. The van der Waals surface area contributed by atoms with Crippen LogP contribution in [0, 0.1) is 13.8 Å². The highest BCUT2D eigenvalue weighted by Crippen LogP contribution is 2.26. The molecule has 0 spiro atoms. The van der Waals surface area contributed by atoms with E-state index in [1.165, 1.54) is 29.2 Å². The van der Waals surface area contributed by atoms with Crippen molar-refractivity contribution in [1.82, 2.24) is 10.2 Å². The molecule has 3 aromatic rings. The highest BCUT2D eigenvalue weighted by molar-refractivity contribution is 7.92. The Hall–Kier alpha value is -3.36. The van der Waals surface area contributed by atoms with Crippen molar-refractivity contribution >= 4 is 39.1 Å². The lowest BCUT2D eigenvalue weighted by molar-refractivity contribution is -0.140. The van der Waals surface area contributed by atoms with Crippen molar-refractivity contribution in [2.45, 2.75) is 71.0 Å². The van der Waals surface area contributed by atoms with Crippen LogP contribution in [-0.2, 0) is 26.2 Å². The van der Waals surface area contributed by atoms with Crippen molar-refractivity contribution in [1.29, 1.82) is 0 Å². The first-order chi connectivity index (χ1) is 19.0. The van der Waals surface area contributed by atoms with Crippen LogP contribution in [0.1, 0.15) is 50.3 Å². The van der Waals surface area contributed by atoms with E-state index >= 15 is 0 Å². The van der Waals surface area contributed by atoms with Gasteiger partial charge in [-0.25, -0.2) is 8.42 Å². The predicted molar refractivity (Wildman–Crippen MR) is 161 cm³/mol. The number of sulfonamides is 1. The summed E-state index contributed by atoms with van der Waals surface area (Å²) in [4.78, 5) is 28.9. The first kappa shape index (κ1) is 31.2. The average molecular weight is 584 g/mol. The molecule has 0 aromatic heterocycles. The minimum absolute atomic E-state index is 0.0110. The Labute approximate surface area is 243 Å². The molecule has 0 heterocycles. The number of carbonyl (C=O) groups excluding carboxylic acids is 2. The van der Waals surface area contributed by atoms with Crippen LogP contribution in [0.2, 0.25) is 5.02 Å². The summed E-state index contributed by atoms with van der Waals surface area (Å²) in [5, 5.41) is 3.39. The molecule has 2 amide bonds. The number of carbonyl (C=O) groups is 2. The van der Waals surface area contributed by atoms with E-state index in [0.717, 1.165) is 27.4 Å². The van der Waals surface area contributed by atoms with Gasteiger partial charge in [-0.05, 0) is 75.6 Å². The molecule has 9 heteroatoms. The number of nitrogens with one attached hydrogen (secondary N) is 1. The molecule has 0 saturated carbocycles. The van der Waals surface area contributed by atoms with Crippen LogP contribution in [0.5, 0.6) is 0 Å². The maximum atomic E-state index is 14.1. The molecule has 0 fully saturated rings. The smallest absolute Gasteiger partial charge is 0.264 e. The summed E-state index contributed by atoms with van der Waals surface area (Å²) in [6.07, 6.45) is 1.11. The zero-order chi connectivity index (χ0) is 29.4. The molecule has 0 radical (unpaired) electrons. The molecule has 0 unspecified atom stereocenters. The van der Waals surface area contributed by atoms with Crippen molar-refractivity contribution in [3.05, 3.63) is 94.5 Å². The number of aryl methyl sites for hydroxylation is 2. The van der Waals surface area contributed by atoms with Gasteiger partial charge in [0.05, 0.1) is 10.6 Å². The molecule has 1 N–H and O–H groups in total. The van der Waals surface area contributed by atoms with Crippen molar-refractivity contribution < 1.29 is 18.0 Å². The normalized spacial score (nSPS) is 12.8. The SMILES string of the molecule is CC[C@@H](C)NC(=O)[C@@H](CC)N(Cc1ccc(C)cc1)C(=O)CN(c1ccc(C)cc1)S(=O)(=O)c1ccc(Cl)cc1. The number of amides is 2. The van der Waals surface area contributed by atoms with Gasteiger partial charge < -0.3 is 10.2 Å². The summed E-state index contributed by atoms with van der Waals surface area (Å²) in [5.74, 6) is -0.746. The van der Waals surface area contributed by atoms with Gasteiger partial charge in [-0.15, -0.1) is 0 Å². The van der Waals surface area contributed by atoms with Gasteiger partial charge in [-0.2, -0.15) is 0 Å². The number of hydrogen-bond acceptors (Lipinski definition) is 4. The topological polar surface area (TPSA) is 86.8 Å². The Balaban J connectivity index is 2.04. The summed E-state index contributed by atoms with van der Waals surface area (Å²) < 4.78 is 28.8. The molecule has 3 rings (SSSR count). The van der Waals surface area contributed by atoms with Crippen LogP contribution < -0.4 is 9.62 Å². The van der Waals surface area contributed by atoms with Crippen molar-refractivity contribution in [2.24, 2.45) is 0 Å². The second kappa shape index (κ2) is 13.8. The predicted octanol–water partition coefficient (Wildman–Crippen LogP) is 5.87. The number of nitrogens with zero attached hydrogens (tertiary/aromatic N) is 2. The Bertz CT molecular complexity index is 1390. The molecule has 0 saturated heterocycles. The second-order valence-electron chi connectivity index (χ2n) is 10.1. The van der Waals surface area contributed by atoms with E-state index in [9.17, 15) is 18.0 Å². The van der Waals surface area contributed by atoms with Crippen molar-refractivity contribution in [3.63, 3.8) is 0 Å². The number of rotatable bonds is 12. The van der Waals surface area contributed by atoms with E-state index in [-0.39, 0.29) is 23.4 Å². The molecule has 0 aliphatic rings. The fourth-order valence-corrected chi connectivity index (χ4v) is 5.76. The van der Waals surface area contributed by atoms with Crippen LogP contribution in [0.25, 0.3) is 0 Å². The first-order valence-corrected chi connectivity index (χ1v) is 15.3. The molecule has 0 bridgehead atoms. The number of anilines is 1. The Kier molecular flexibility index (Phi) is 10.8. The lowest BCUT2D eigenvalue weighted by atomic mass is 10.1. The summed E-state index contributed by atoms with van der Waals surface area (Å²) in [7, 11) is -4.14. The Morgan fingerprint density at radius 1 is 0.850 bits per heavy atom. The standard InChI is InChI=1S/C31H38ClN3O4S/c1-6-24(5)33-31(37)29(7-2)34(20-25-12-8-22(3)9-13-25)30(36)21-35(27-16-10-23(4)11-17-27)40(38,39)28-18-14-26(32)15-19-28/h8-19,24,29H,6-7,20-21H2,1-5H3,(H,33,37)/t24-,29-/m1/s1. The van der Waals surface area contributed by atoms with Crippen LogP contribution >= 0.6 is 11.6 Å². The second-order valence-corrected chi connectivity index (χ2v) is 12.3. The van der Waals surface area contributed by atoms with Crippen LogP contribution in [0.15, 0.2) is 77.7 Å². The molecular weight excluding hydrogens is 546 g/mol. The third-order valence-electron chi connectivity index (χ3n) is 6.86. The quantitative estimate of drug-likeness (QED) is 0.289. The number of benzene rings is 3. The molecule has 40 heavy (non-hydrogen) atoms. The zero-order valence-corrected chi connectivity index (χ0v) is 25.3. The molecular formula is C31H38ClN3O4S. The lowest BCUT2D eigenvalue weighted by Gasteiger charge is -2.33. The van der Waals surface area contributed by atoms with Gasteiger partial charge in [0.15, 0.2) is 0 Å². The van der Waals surface area contributed by atoms with E-state index in [1.807, 2.05) is 58.9 Å². The molecule has 214 valence electrons. The molecule has 0 aliphatic heterocycles.